The third kappa shape index (κ3) is 4.84. The van der Waals surface area contributed by atoms with Gasteiger partial charge in [0.2, 0.25) is 0 Å². The number of nitrogens with zero attached hydrogens (tertiary/aromatic N) is 5. The molecule has 0 spiro atoms. The van der Waals surface area contributed by atoms with Crippen molar-refractivity contribution in [1.82, 2.24) is 9.91 Å². The molecule has 25 heavy (non-hydrogen) atoms. The van der Waals surface area contributed by atoms with Gasteiger partial charge in [-0.2, -0.15) is 0 Å². The summed E-state index contributed by atoms with van der Waals surface area (Å²) in [6, 6.07) is 14.7. The highest BCUT2D eigenvalue weighted by atomic mass is 16.6. The Morgan fingerprint density at radius 2 is 1.80 bits per heavy atom. The monoisotopic (exact) mass is 339 g/mol. The number of benzene rings is 2. The van der Waals surface area contributed by atoms with Crippen molar-refractivity contribution in [3.8, 4) is 0 Å². The van der Waals surface area contributed by atoms with E-state index in [1.807, 2.05) is 5.01 Å². The molecule has 0 aliphatic carbocycles. The lowest BCUT2D eigenvalue weighted by Gasteiger charge is -2.32. The van der Waals surface area contributed by atoms with Crippen LogP contribution >= 0.6 is 0 Å². The van der Waals surface area contributed by atoms with Crippen LogP contribution in [0.4, 0.5) is 11.4 Å². The van der Waals surface area contributed by atoms with Gasteiger partial charge in [0.05, 0.1) is 23.7 Å². The summed E-state index contributed by atoms with van der Waals surface area (Å²) in [5.41, 5.74) is 3.30. The molecule has 0 radical (unpaired) electrons. The Bertz CT molecular complexity index is 752. The van der Waals surface area contributed by atoms with Crippen LogP contribution in [0, 0.1) is 17.0 Å². The number of rotatable bonds is 5. The lowest BCUT2D eigenvalue weighted by atomic mass is 10.1. The first kappa shape index (κ1) is 17.0. The molecule has 1 fully saturated rings. The fourth-order valence-electron chi connectivity index (χ4n) is 2.81. The van der Waals surface area contributed by atoms with Gasteiger partial charge in [0, 0.05) is 31.8 Å². The second kappa shape index (κ2) is 7.85. The molecule has 0 N–H and O–H groups in total. The molecule has 7 nitrogen and oxygen atoms in total. The minimum Gasteiger partial charge on any atom is -0.295 e. The molecule has 3 rings (SSSR count). The van der Waals surface area contributed by atoms with Gasteiger partial charge in [0.1, 0.15) is 0 Å². The average molecular weight is 339 g/mol. The molecular formula is C18H21N5O2. The van der Waals surface area contributed by atoms with E-state index in [4.69, 9.17) is 0 Å². The number of piperazine rings is 1. The van der Waals surface area contributed by atoms with Gasteiger partial charge in [-0.25, -0.2) is 0 Å². The summed E-state index contributed by atoms with van der Waals surface area (Å²) in [6.45, 7) is 6.58. The lowest BCUT2D eigenvalue weighted by molar-refractivity contribution is -0.384. The molecule has 1 aliphatic heterocycles. The first-order chi connectivity index (χ1) is 12.1. The van der Waals surface area contributed by atoms with Crippen molar-refractivity contribution in [3.05, 3.63) is 69.8 Å². The zero-order chi connectivity index (χ0) is 17.6. The van der Waals surface area contributed by atoms with Crippen LogP contribution in [0.15, 0.2) is 58.9 Å². The van der Waals surface area contributed by atoms with Crippen LogP contribution in [-0.2, 0) is 6.54 Å². The Morgan fingerprint density at radius 1 is 1.08 bits per heavy atom. The minimum atomic E-state index is -0.422. The summed E-state index contributed by atoms with van der Waals surface area (Å²) in [5, 5.41) is 21.0. The molecule has 1 saturated heterocycles. The summed E-state index contributed by atoms with van der Waals surface area (Å²) in [6.07, 6.45) is 0. The van der Waals surface area contributed by atoms with Gasteiger partial charge in [0.25, 0.3) is 5.69 Å². The smallest absolute Gasteiger partial charge is 0.269 e. The maximum absolute atomic E-state index is 10.6. The van der Waals surface area contributed by atoms with E-state index in [0.29, 0.717) is 5.69 Å². The molecule has 1 aliphatic rings. The van der Waals surface area contributed by atoms with E-state index in [1.165, 1.54) is 23.3 Å². The van der Waals surface area contributed by atoms with Crippen molar-refractivity contribution < 1.29 is 4.92 Å². The number of nitro groups is 1. The van der Waals surface area contributed by atoms with Gasteiger partial charge < -0.3 is 0 Å². The molecular weight excluding hydrogens is 318 g/mol. The van der Waals surface area contributed by atoms with Crippen molar-refractivity contribution in [2.45, 2.75) is 13.5 Å². The Balaban J connectivity index is 1.49. The number of non-ortho nitro benzene ring substituents is 1. The van der Waals surface area contributed by atoms with E-state index in [-0.39, 0.29) is 5.69 Å². The maximum atomic E-state index is 10.6. The summed E-state index contributed by atoms with van der Waals surface area (Å²) < 4.78 is 0. The summed E-state index contributed by atoms with van der Waals surface area (Å²) in [7, 11) is 0. The molecule has 0 bridgehead atoms. The van der Waals surface area contributed by atoms with Crippen LogP contribution in [0.2, 0.25) is 0 Å². The van der Waals surface area contributed by atoms with Crippen LogP contribution in [0.25, 0.3) is 0 Å². The zero-order valence-corrected chi connectivity index (χ0v) is 14.2. The van der Waals surface area contributed by atoms with Crippen molar-refractivity contribution in [2.75, 3.05) is 26.2 Å². The van der Waals surface area contributed by atoms with Crippen LogP contribution in [0.5, 0.6) is 0 Å². The number of aryl methyl sites for hydroxylation is 1. The quantitative estimate of drug-likeness (QED) is 0.473. The number of hydrogen-bond acceptors (Lipinski definition) is 5. The second-order valence-corrected chi connectivity index (χ2v) is 6.18. The van der Waals surface area contributed by atoms with E-state index in [2.05, 4.69) is 46.4 Å². The molecule has 0 saturated carbocycles. The predicted octanol–water partition coefficient (Wildman–Crippen LogP) is 3.72. The third-order valence-corrected chi connectivity index (χ3v) is 4.18. The fourth-order valence-corrected chi connectivity index (χ4v) is 2.81. The topological polar surface area (TPSA) is 74.3 Å². The van der Waals surface area contributed by atoms with E-state index in [0.717, 1.165) is 32.7 Å². The third-order valence-electron chi connectivity index (χ3n) is 4.18. The molecule has 0 unspecified atom stereocenters. The van der Waals surface area contributed by atoms with Crippen LogP contribution in [0.3, 0.4) is 0 Å². The van der Waals surface area contributed by atoms with Crippen molar-refractivity contribution in [1.29, 1.82) is 0 Å². The molecule has 2 aromatic rings. The Morgan fingerprint density at radius 3 is 2.44 bits per heavy atom. The number of nitro benzene ring substituents is 1. The highest BCUT2D eigenvalue weighted by Gasteiger charge is 2.16. The number of hydrogen-bond donors (Lipinski definition) is 0. The second-order valence-electron chi connectivity index (χ2n) is 6.18. The molecule has 0 atom stereocenters. The van der Waals surface area contributed by atoms with Crippen LogP contribution in [0.1, 0.15) is 11.1 Å². The van der Waals surface area contributed by atoms with Crippen molar-refractivity contribution >= 4 is 11.4 Å². The summed E-state index contributed by atoms with van der Waals surface area (Å²) >= 11 is 0. The predicted molar refractivity (Wildman–Crippen MR) is 95.6 cm³/mol. The zero-order valence-electron chi connectivity index (χ0n) is 14.2. The van der Waals surface area contributed by atoms with Gasteiger partial charge in [-0.05, 0) is 24.6 Å². The maximum Gasteiger partial charge on any atom is 0.269 e. The van der Waals surface area contributed by atoms with E-state index < -0.39 is 4.92 Å². The van der Waals surface area contributed by atoms with Gasteiger partial charge in [-0.15, -0.1) is 5.11 Å². The molecule has 1 heterocycles. The van der Waals surface area contributed by atoms with Gasteiger partial charge in [0.15, 0.2) is 0 Å². The first-order valence-corrected chi connectivity index (χ1v) is 8.29. The van der Waals surface area contributed by atoms with Gasteiger partial charge >= 0.3 is 0 Å². The van der Waals surface area contributed by atoms with Crippen molar-refractivity contribution in [2.24, 2.45) is 10.3 Å². The molecule has 130 valence electrons. The summed E-state index contributed by atoms with van der Waals surface area (Å²) in [5.74, 6) is 0. The lowest BCUT2D eigenvalue weighted by Crippen LogP contribution is -2.43. The SMILES string of the molecule is Cc1cccc(CN2CCN(N=Nc3ccc([N+](=O)[O-])cc3)CC2)c1. The fraction of sp³-hybridized carbons (Fsp3) is 0.333. The van der Waals surface area contributed by atoms with E-state index in [9.17, 15) is 10.1 Å². The Labute approximate surface area is 146 Å². The van der Waals surface area contributed by atoms with Crippen LogP contribution in [-0.4, -0.2) is 41.0 Å². The standard InChI is InChI=1S/C18H21N5O2/c1-15-3-2-4-16(13-15)14-21-9-11-22(12-10-21)20-19-17-5-7-18(8-6-17)23(24)25/h2-8,13H,9-12,14H2,1H3. The summed E-state index contributed by atoms with van der Waals surface area (Å²) in [4.78, 5) is 12.6. The largest absolute Gasteiger partial charge is 0.295 e. The van der Waals surface area contributed by atoms with E-state index in [1.54, 1.807) is 12.1 Å². The van der Waals surface area contributed by atoms with Crippen LogP contribution < -0.4 is 0 Å². The average Bonchev–Trinajstić information content (AvgIpc) is 2.61. The Hall–Kier alpha value is -2.80. The molecule has 0 aromatic heterocycles. The van der Waals surface area contributed by atoms with Crippen molar-refractivity contribution in [3.63, 3.8) is 0 Å². The van der Waals surface area contributed by atoms with Gasteiger partial charge in [-0.3, -0.25) is 20.0 Å². The van der Waals surface area contributed by atoms with E-state index >= 15 is 0 Å². The Kier molecular flexibility index (Phi) is 5.35. The first-order valence-electron chi connectivity index (χ1n) is 8.29. The van der Waals surface area contributed by atoms with Gasteiger partial charge in [-0.1, -0.05) is 35.1 Å². The molecule has 2 aromatic carbocycles. The molecule has 0 amide bonds. The highest BCUT2D eigenvalue weighted by molar-refractivity contribution is 5.43. The highest BCUT2D eigenvalue weighted by Crippen LogP contribution is 2.19. The minimum absolute atomic E-state index is 0.0590. The molecule has 7 heteroatoms. The normalized spacial score (nSPS) is 15.6.